The number of piperidine rings is 1. The Balaban J connectivity index is 1.78. The van der Waals surface area contributed by atoms with Crippen molar-refractivity contribution in [3.05, 3.63) is 0 Å². The van der Waals surface area contributed by atoms with Crippen LogP contribution < -0.4 is 5.73 Å². The number of primary amides is 1. The van der Waals surface area contributed by atoms with Gasteiger partial charge in [0.05, 0.1) is 6.54 Å². The first-order valence-corrected chi connectivity index (χ1v) is 5.29. The molecule has 0 bridgehead atoms. The largest absolute Gasteiger partial charge is 0.369 e. The van der Waals surface area contributed by atoms with Crippen molar-refractivity contribution >= 4 is 5.91 Å². The maximum absolute atomic E-state index is 10.7. The second kappa shape index (κ2) is 3.51. The van der Waals surface area contributed by atoms with E-state index in [0.717, 1.165) is 13.1 Å². The zero-order valence-electron chi connectivity index (χ0n) is 8.83. The Bertz CT molecular complexity index is 226. The number of nitrogens with two attached hydrogens (primary N) is 1. The lowest BCUT2D eigenvalue weighted by Crippen LogP contribution is -2.59. The van der Waals surface area contributed by atoms with Gasteiger partial charge in [-0.15, -0.1) is 0 Å². The predicted molar refractivity (Wildman–Crippen MR) is 54.8 cm³/mol. The van der Waals surface area contributed by atoms with E-state index < -0.39 is 0 Å². The van der Waals surface area contributed by atoms with Gasteiger partial charge in [-0.3, -0.25) is 9.69 Å². The summed E-state index contributed by atoms with van der Waals surface area (Å²) in [6.07, 6.45) is 2.45. The molecule has 0 saturated carbocycles. The Morgan fingerprint density at radius 1 is 1.36 bits per heavy atom. The lowest BCUT2D eigenvalue weighted by Gasteiger charge is -2.52. The maximum Gasteiger partial charge on any atom is 0.231 e. The molecule has 0 unspecified atom stereocenters. The van der Waals surface area contributed by atoms with Gasteiger partial charge in [0.15, 0.2) is 0 Å². The summed E-state index contributed by atoms with van der Waals surface area (Å²) >= 11 is 0. The fraction of sp³-hybridized carbons (Fsp3) is 0.900. The Hall–Kier alpha value is -0.610. The highest BCUT2D eigenvalue weighted by atomic mass is 16.1. The van der Waals surface area contributed by atoms with Gasteiger partial charge in [-0.05, 0) is 38.4 Å². The molecule has 2 fully saturated rings. The van der Waals surface area contributed by atoms with Crippen LogP contribution in [-0.2, 0) is 4.79 Å². The minimum absolute atomic E-state index is 0.202. The monoisotopic (exact) mass is 197 g/mol. The first kappa shape index (κ1) is 9.93. The smallest absolute Gasteiger partial charge is 0.231 e. The maximum atomic E-state index is 10.7. The Kier molecular flexibility index (Phi) is 2.49. The molecule has 0 aromatic rings. The number of hydrogen-bond donors (Lipinski definition) is 1. The molecule has 2 aliphatic rings. The molecule has 4 heteroatoms. The van der Waals surface area contributed by atoms with Crippen LogP contribution in [0.4, 0.5) is 0 Å². The highest BCUT2D eigenvalue weighted by Crippen LogP contribution is 2.39. The Labute approximate surface area is 85.0 Å². The number of carbonyl (C=O) groups is 1. The Morgan fingerprint density at radius 2 is 1.93 bits per heavy atom. The number of hydrogen-bond acceptors (Lipinski definition) is 3. The van der Waals surface area contributed by atoms with Gasteiger partial charge in [0, 0.05) is 13.1 Å². The van der Waals surface area contributed by atoms with Gasteiger partial charge in [0.25, 0.3) is 0 Å². The zero-order chi connectivity index (χ0) is 10.2. The average molecular weight is 197 g/mol. The molecule has 0 aromatic carbocycles. The normalized spacial score (nSPS) is 27.5. The summed E-state index contributed by atoms with van der Waals surface area (Å²) in [5.41, 5.74) is 5.74. The van der Waals surface area contributed by atoms with Crippen molar-refractivity contribution in [3.8, 4) is 0 Å². The van der Waals surface area contributed by atoms with E-state index in [1.54, 1.807) is 0 Å². The summed E-state index contributed by atoms with van der Waals surface area (Å²) in [7, 11) is 2.17. The molecule has 2 heterocycles. The first-order chi connectivity index (χ1) is 6.60. The van der Waals surface area contributed by atoms with Crippen molar-refractivity contribution < 1.29 is 4.79 Å². The molecular formula is C10H19N3O. The summed E-state index contributed by atoms with van der Waals surface area (Å²) in [5, 5.41) is 0. The molecule has 80 valence electrons. The molecule has 14 heavy (non-hydrogen) atoms. The molecule has 2 saturated heterocycles. The summed E-state index contributed by atoms with van der Waals surface area (Å²) < 4.78 is 0. The summed E-state index contributed by atoms with van der Waals surface area (Å²) in [5.74, 6) is -0.202. The van der Waals surface area contributed by atoms with Crippen LogP contribution >= 0.6 is 0 Å². The number of likely N-dealkylation sites (tertiary alicyclic amines) is 2. The number of rotatable bonds is 2. The molecular weight excluding hydrogens is 178 g/mol. The molecule has 2 N–H and O–H groups in total. The third kappa shape index (κ3) is 1.91. The molecule has 0 aromatic heterocycles. The van der Waals surface area contributed by atoms with Gasteiger partial charge in [-0.25, -0.2) is 0 Å². The van der Waals surface area contributed by atoms with E-state index in [1.807, 2.05) is 0 Å². The molecule has 4 nitrogen and oxygen atoms in total. The van der Waals surface area contributed by atoms with E-state index in [4.69, 9.17) is 5.73 Å². The summed E-state index contributed by atoms with van der Waals surface area (Å²) in [6.45, 7) is 4.98. The van der Waals surface area contributed by atoms with Crippen LogP contribution in [0.5, 0.6) is 0 Å². The quantitative estimate of drug-likeness (QED) is 0.649. The van der Waals surface area contributed by atoms with Crippen LogP contribution in [0.3, 0.4) is 0 Å². The molecule has 2 aliphatic heterocycles. The molecule has 0 radical (unpaired) electrons. The van der Waals surface area contributed by atoms with Gasteiger partial charge >= 0.3 is 0 Å². The van der Waals surface area contributed by atoms with E-state index in [-0.39, 0.29) is 5.91 Å². The van der Waals surface area contributed by atoms with Gasteiger partial charge in [-0.1, -0.05) is 0 Å². The highest BCUT2D eigenvalue weighted by Gasteiger charge is 2.42. The van der Waals surface area contributed by atoms with Crippen LogP contribution in [0.1, 0.15) is 12.8 Å². The second-order valence-corrected chi connectivity index (χ2v) is 4.91. The van der Waals surface area contributed by atoms with Crippen molar-refractivity contribution in [2.24, 2.45) is 11.1 Å². The topological polar surface area (TPSA) is 49.6 Å². The fourth-order valence-electron chi connectivity index (χ4n) is 2.82. The standard InChI is InChI=1S/C10H19N3O/c1-12-7-10(8-12)2-4-13(5-3-10)6-9(11)14/h2-8H2,1H3,(H2,11,14). The van der Waals surface area contributed by atoms with Crippen LogP contribution in [-0.4, -0.2) is 55.5 Å². The van der Waals surface area contributed by atoms with Crippen LogP contribution in [0.15, 0.2) is 0 Å². The van der Waals surface area contributed by atoms with Crippen LogP contribution in [0.25, 0.3) is 0 Å². The van der Waals surface area contributed by atoms with E-state index >= 15 is 0 Å². The van der Waals surface area contributed by atoms with Gasteiger partial charge < -0.3 is 10.6 Å². The van der Waals surface area contributed by atoms with Gasteiger partial charge in [-0.2, -0.15) is 0 Å². The average Bonchev–Trinajstić information content (AvgIpc) is 2.05. The predicted octanol–water partition coefficient (Wildman–Crippen LogP) is -0.501. The number of amides is 1. The second-order valence-electron chi connectivity index (χ2n) is 4.91. The van der Waals surface area contributed by atoms with E-state index in [2.05, 4.69) is 16.8 Å². The fourth-order valence-corrected chi connectivity index (χ4v) is 2.82. The van der Waals surface area contributed by atoms with Crippen molar-refractivity contribution in [1.29, 1.82) is 0 Å². The molecule has 1 spiro atoms. The van der Waals surface area contributed by atoms with Crippen molar-refractivity contribution in [3.63, 3.8) is 0 Å². The third-order valence-electron chi connectivity index (χ3n) is 3.51. The zero-order valence-corrected chi connectivity index (χ0v) is 8.83. The first-order valence-electron chi connectivity index (χ1n) is 5.29. The Morgan fingerprint density at radius 3 is 2.36 bits per heavy atom. The third-order valence-corrected chi connectivity index (χ3v) is 3.51. The van der Waals surface area contributed by atoms with Crippen molar-refractivity contribution in [1.82, 2.24) is 9.80 Å². The summed E-state index contributed by atoms with van der Waals surface area (Å²) in [6, 6.07) is 0. The van der Waals surface area contributed by atoms with Crippen molar-refractivity contribution in [2.75, 3.05) is 39.8 Å². The van der Waals surface area contributed by atoms with E-state index in [0.29, 0.717) is 12.0 Å². The molecule has 2 rings (SSSR count). The van der Waals surface area contributed by atoms with Gasteiger partial charge in [0.1, 0.15) is 0 Å². The minimum atomic E-state index is -0.202. The van der Waals surface area contributed by atoms with Crippen LogP contribution in [0, 0.1) is 5.41 Å². The van der Waals surface area contributed by atoms with E-state index in [1.165, 1.54) is 25.9 Å². The minimum Gasteiger partial charge on any atom is -0.369 e. The van der Waals surface area contributed by atoms with E-state index in [9.17, 15) is 4.79 Å². The SMILES string of the molecule is CN1CC2(CCN(CC(N)=O)CC2)C1. The van der Waals surface area contributed by atoms with Crippen molar-refractivity contribution in [2.45, 2.75) is 12.8 Å². The molecule has 0 atom stereocenters. The lowest BCUT2D eigenvalue weighted by atomic mass is 9.72. The van der Waals surface area contributed by atoms with Crippen LogP contribution in [0.2, 0.25) is 0 Å². The highest BCUT2D eigenvalue weighted by molar-refractivity contribution is 5.75. The lowest BCUT2D eigenvalue weighted by molar-refractivity contribution is -0.120. The molecule has 1 amide bonds. The summed E-state index contributed by atoms with van der Waals surface area (Å²) in [4.78, 5) is 15.3. The number of nitrogens with zero attached hydrogens (tertiary/aromatic N) is 2. The number of carbonyl (C=O) groups excluding carboxylic acids is 1. The molecule has 0 aliphatic carbocycles. The van der Waals surface area contributed by atoms with Gasteiger partial charge in [0.2, 0.25) is 5.91 Å².